The molecule has 0 bridgehead atoms. The number of fused-ring (bicyclic) bond motifs is 1. The average molecular weight is 313 g/mol. The van der Waals surface area contributed by atoms with Crippen LogP contribution >= 0.6 is 0 Å². The Labute approximate surface area is 133 Å². The van der Waals surface area contributed by atoms with Crippen molar-refractivity contribution in [1.29, 1.82) is 0 Å². The SMILES string of the molecule is COCCn1c(=O)[nH]c2ncc(-c3cccc(N(C)C)c3)nc21. The zero-order chi connectivity index (χ0) is 16.4. The van der Waals surface area contributed by atoms with Gasteiger partial charge in [0.1, 0.15) is 0 Å². The average Bonchev–Trinajstić information content (AvgIpc) is 2.87. The Morgan fingerprint density at radius 2 is 2.17 bits per heavy atom. The number of anilines is 1. The van der Waals surface area contributed by atoms with E-state index in [1.54, 1.807) is 17.9 Å². The molecule has 0 aliphatic heterocycles. The van der Waals surface area contributed by atoms with E-state index in [9.17, 15) is 4.79 Å². The van der Waals surface area contributed by atoms with Gasteiger partial charge in [-0.05, 0) is 12.1 Å². The van der Waals surface area contributed by atoms with Crippen LogP contribution in [0.3, 0.4) is 0 Å². The Kier molecular flexibility index (Phi) is 4.12. The number of methoxy groups -OCH3 is 1. The summed E-state index contributed by atoms with van der Waals surface area (Å²) in [6.07, 6.45) is 1.67. The highest BCUT2D eigenvalue weighted by Crippen LogP contribution is 2.22. The van der Waals surface area contributed by atoms with Crippen molar-refractivity contribution in [2.75, 3.05) is 32.7 Å². The summed E-state index contributed by atoms with van der Waals surface area (Å²) < 4.78 is 6.60. The fourth-order valence-corrected chi connectivity index (χ4v) is 2.39. The Bertz CT molecular complexity index is 882. The zero-order valence-electron chi connectivity index (χ0n) is 13.4. The highest BCUT2D eigenvalue weighted by atomic mass is 16.5. The van der Waals surface area contributed by atoms with Gasteiger partial charge in [-0.3, -0.25) is 9.55 Å². The molecule has 0 amide bonds. The monoisotopic (exact) mass is 313 g/mol. The molecule has 0 saturated heterocycles. The van der Waals surface area contributed by atoms with Crippen LogP contribution in [0.2, 0.25) is 0 Å². The highest BCUT2D eigenvalue weighted by Gasteiger charge is 2.11. The molecule has 23 heavy (non-hydrogen) atoms. The van der Waals surface area contributed by atoms with Crippen LogP contribution in [-0.2, 0) is 11.3 Å². The molecule has 0 spiro atoms. The number of benzene rings is 1. The predicted octanol–water partition coefficient (Wildman–Crippen LogP) is 1.50. The van der Waals surface area contributed by atoms with Crippen molar-refractivity contribution < 1.29 is 4.74 Å². The maximum Gasteiger partial charge on any atom is 0.328 e. The first-order chi connectivity index (χ1) is 11.1. The molecule has 2 aromatic heterocycles. The van der Waals surface area contributed by atoms with Gasteiger partial charge in [0, 0.05) is 32.5 Å². The number of rotatable bonds is 5. The molecule has 0 fully saturated rings. The number of hydrogen-bond acceptors (Lipinski definition) is 5. The van der Waals surface area contributed by atoms with Gasteiger partial charge in [0.15, 0.2) is 11.3 Å². The van der Waals surface area contributed by atoms with Crippen molar-refractivity contribution in [2.24, 2.45) is 0 Å². The van der Waals surface area contributed by atoms with E-state index >= 15 is 0 Å². The molecule has 0 aliphatic carbocycles. The first kappa shape index (κ1) is 15.2. The molecule has 120 valence electrons. The maximum atomic E-state index is 12.0. The zero-order valence-corrected chi connectivity index (χ0v) is 13.4. The van der Waals surface area contributed by atoms with Crippen LogP contribution in [0, 0.1) is 0 Å². The minimum absolute atomic E-state index is 0.226. The molecule has 1 N–H and O–H groups in total. The van der Waals surface area contributed by atoms with E-state index in [1.807, 2.05) is 43.3 Å². The molecule has 7 heteroatoms. The molecule has 3 rings (SSSR count). The molecular formula is C16H19N5O2. The number of nitrogens with one attached hydrogen (secondary N) is 1. The number of ether oxygens (including phenoxy) is 1. The van der Waals surface area contributed by atoms with Crippen molar-refractivity contribution in [1.82, 2.24) is 19.5 Å². The van der Waals surface area contributed by atoms with E-state index in [2.05, 4.69) is 15.0 Å². The Morgan fingerprint density at radius 3 is 2.91 bits per heavy atom. The quantitative estimate of drug-likeness (QED) is 0.772. The van der Waals surface area contributed by atoms with Crippen molar-refractivity contribution >= 4 is 17.0 Å². The summed E-state index contributed by atoms with van der Waals surface area (Å²) in [6, 6.07) is 8.03. The second-order valence-corrected chi connectivity index (χ2v) is 5.45. The topological polar surface area (TPSA) is 76.0 Å². The van der Waals surface area contributed by atoms with Crippen LogP contribution in [0.15, 0.2) is 35.3 Å². The predicted molar refractivity (Wildman–Crippen MR) is 89.8 cm³/mol. The van der Waals surface area contributed by atoms with E-state index in [0.29, 0.717) is 24.4 Å². The van der Waals surface area contributed by atoms with Gasteiger partial charge in [0.25, 0.3) is 0 Å². The number of aromatic amines is 1. The Hall–Kier alpha value is -2.67. The van der Waals surface area contributed by atoms with Gasteiger partial charge in [0.05, 0.1) is 25.0 Å². The van der Waals surface area contributed by atoms with Gasteiger partial charge < -0.3 is 9.64 Å². The summed E-state index contributed by atoms with van der Waals surface area (Å²) in [5.74, 6) is 0. The molecule has 2 heterocycles. The fraction of sp³-hybridized carbons (Fsp3) is 0.312. The van der Waals surface area contributed by atoms with E-state index < -0.39 is 0 Å². The van der Waals surface area contributed by atoms with E-state index in [4.69, 9.17) is 4.74 Å². The number of hydrogen-bond donors (Lipinski definition) is 1. The van der Waals surface area contributed by atoms with E-state index in [1.165, 1.54) is 0 Å². The lowest BCUT2D eigenvalue weighted by Crippen LogP contribution is -2.19. The number of nitrogens with zero attached hydrogens (tertiary/aromatic N) is 4. The molecule has 0 radical (unpaired) electrons. The van der Waals surface area contributed by atoms with Crippen LogP contribution in [0.4, 0.5) is 5.69 Å². The van der Waals surface area contributed by atoms with Crippen LogP contribution in [-0.4, -0.2) is 47.3 Å². The van der Waals surface area contributed by atoms with Gasteiger partial charge in [-0.25, -0.2) is 14.8 Å². The molecule has 3 aromatic rings. The van der Waals surface area contributed by atoms with Crippen molar-refractivity contribution in [3.8, 4) is 11.3 Å². The van der Waals surface area contributed by atoms with Gasteiger partial charge in [-0.2, -0.15) is 0 Å². The summed E-state index contributed by atoms with van der Waals surface area (Å²) in [5.41, 5.74) is 3.56. The van der Waals surface area contributed by atoms with Crippen molar-refractivity contribution in [3.05, 3.63) is 40.9 Å². The molecule has 7 nitrogen and oxygen atoms in total. The van der Waals surface area contributed by atoms with Crippen molar-refractivity contribution in [3.63, 3.8) is 0 Å². The van der Waals surface area contributed by atoms with Crippen LogP contribution < -0.4 is 10.6 Å². The van der Waals surface area contributed by atoms with Crippen LogP contribution in [0.5, 0.6) is 0 Å². The number of H-pyrrole nitrogens is 1. The lowest BCUT2D eigenvalue weighted by Gasteiger charge is -2.13. The summed E-state index contributed by atoms with van der Waals surface area (Å²) in [6.45, 7) is 0.875. The van der Waals surface area contributed by atoms with Crippen LogP contribution in [0.25, 0.3) is 22.6 Å². The fourth-order valence-electron chi connectivity index (χ4n) is 2.39. The number of aromatic nitrogens is 4. The first-order valence-electron chi connectivity index (χ1n) is 7.32. The smallest absolute Gasteiger partial charge is 0.328 e. The summed E-state index contributed by atoms with van der Waals surface area (Å²) >= 11 is 0. The van der Waals surface area contributed by atoms with E-state index in [0.717, 1.165) is 16.9 Å². The second kappa shape index (κ2) is 6.21. The lowest BCUT2D eigenvalue weighted by atomic mass is 10.1. The summed E-state index contributed by atoms with van der Waals surface area (Å²) in [7, 11) is 5.58. The minimum atomic E-state index is -0.226. The molecule has 0 atom stereocenters. The molecular weight excluding hydrogens is 294 g/mol. The van der Waals surface area contributed by atoms with Gasteiger partial charge in [-0.1, -0.05) is 12.1 Å². The summed E-state index contributed by atoms with van der Waals surface area (Å²) in [5, 5.41) is 0. The van der Waals surface area contributed by atoms with Gasteiger partial charge >= 0.3 is 5.69 Å². The Morgan fingerprint density at radius 1 is 1.35 bits per heavy atom. The van der Waals surface area contributed by atoms with Crippen molar-refractivity contribution in [2.45, 2.75) is 6.54 Å². The van der Waals surface area contributed by atoms with Crippen LogP contribution in [0.1, 0.15) is 0 Å². The third-order valence-corrected chi connectivity index (χ3v) is 3.66. The minimum Gasteiger partial charge on any atom is -0.383 e. The molecule has 0 unspecified atom stereocenters. The summed E-state index contributed by atoms with van der Waals surface area (Å²) in [4.78, 5) is 25.7. The largest absolute Gasteiger partial charge is 0.383 e. The first-order valence-corrected chi connectivity index (χ1v) is 7.32. The molecule has 1 aromatic carbocycles. The third-order valence-electron chi connectivity index (χ3n) is 3.66. The highest BCUT2D eigenvalue weighted by molar-refractivity contribution is 5.72. The normalized spacial score (nSPS) is 11.1. The molecule has 0 saturated carbocycles. The second-order valence-electron chi connectivity index (χ2n) is 5.45. The van der Waals surface area contributed by atoms with E-state index in [-0.39, 0.29) is 5.69 Å². The van der Waals surface area contributed by atoms with Gasteiger partial charge in [0.2, 0.25) is 0 Å². The van der Waals surface area contributed by atoms with Gasteiger partial charge in [-0.15, -0.1) is 0 Å². The Balaban J connectivity index is 2.09. The third kappa shape index (κ3) is 2.95. The number of imidazole rings is 1. The molecule has 0 aliphatic rings. The lowest BCUT2D eigenvalue weighted by molar-refractivity contribution is 0.187. The standard InChI is InChI=1S/C16H19N5O2/c1-20(2)12-6-4-5-11(9-12)13-10-17-14-15(18-13)21(7-8-23-3)16(22)19-14/h4-6,9-10H,7-8H2,1-3H3,(H,17,19,22). The maximum absolute atomic E-state index is 12.0.